The number of carboxylic acids is 1. The van der Waals surface area contributed by atoms with Crippen LogP contribution < -0.4 is 27.4 Å². The molecule has 5 unspecified atom stereocenters. The van der Waals surface area contributed by atoms with Gasteiger partial charge in [0.25, 0.3) is 0 Å². The van der Waals surface area contributed by atoms with E-state index in [-0.39, 0.29) is 12.3 Å². The topological polar surface area (TPSA) is 214 Å². The Morgan fingerprint density at radius 2 is 1.32 bits per heavy atom. The third-order valence-corrected chi connectivity index (χ3v) is 4.39. The molecule has 0 spiro atoms. The van der Waals surface area contributed by atoms with Crippen molar-refractivity contribution in [3.8, 4) is 0 Å². The molecule has 0 heterocycles. The first-order chi connectivity index (χ1) is 14.2. The molecule has 0 fully saturated rings. The van der Waals surface area contributed by atoms with Gasteiger partial charge in [-0.15, -0.1) is 0 Å². The van der Waals surface area contributed by atoms with Crippen molar-refractivity contribution in [2.75, 3.05) is 0 Å². The van der Waals surface area contributed by atoms with Crippen molar-refractivity contribution >= 4 is 29.6 Å². The van der Waals surface area contributed by atoms with Crippen LogP contribution in [0.1, 0.15) is 47.5 Å². The van der Waals surface area contributed by atoms with Crippen molar-refractivity contribution in [2.24, 2.45) is 23.3 Å². The van der Waals surface area contributed by atoms with Crippen LogP contribution in [0, 0.1) is 11.8 Å². The summed E-state index contributed by atoms with van der Waals surface area (Å²) >= 11 is 0. The molecule has 0 radical (unpaired) electrons. The van der Waals surface area contributed by atoms with E-state index in [0.717, 1.165) is 0 Å². The minimum Gasteiger partial charge on any atom is -0.480 e. The van der Waals surface area contributed by atoms with E-state index >= 15 is 0 Å². The van der Waals surface area contributed by atoms with Crippen molar-refractivity contribution in [1.29, 1.82) is 0 Å². The summed E-state index contributed by atoms with van der Waals surface area (Å²) in [4.78, 5) is 59.7. The molecule has 0 aromatic carbocycles. The summed E-state index contributed by atoms with van der Waals surface area (Å²) in [5.74, 6) is -4.90. The maximum Gasteiger partial charge on any atom is 0.326 e. The monoisotopic (exact) mass is 445 g/mol. The predicted molar refractivity (Wildman–Crippen MR) is 111 cm³/mol. The molecule has 9 N–H and O–H groups in total. The Labute approximate surface area is 181 Å². The average Bonchev–Trinajstić information content (AvgIpc) is 2.61. The van der Waals surface area contributed by atoms with Crippen LogP contribution in [0.4, 0.5) is 0 Å². The number of nitrogens with two attached hydrogens (primary N) is 2. The molecule has 0 aliphatic heterocycles. The lowest BCUT2D eigenvalue weighted by atomic mass is 9.99. The Balaban J connectivity index is 5.36. The second-order valence-electron chi connectivity index (χ2n) is 8.26. The summed E-state index contributed by atoms with van der Waals surface area (Å²) in [7, 11) is 0. The number of carbonyl (C=O) groups is 5. The summed E-state index contributed by atoms with van der Waals surface area (Å²) in [6.45, 7) is 8.14. The molecule has 0 rings (SSSR count). The minimum atomic E-state index is -1.47. The number of aliphatic carboxylic acids is 1. The molecule has 12 heteroatoms. The molecular formula is C19H35N5O7. The summed E-state index contributed by atoms with van der Waals surface area (Å²) in [6.07, 6.45) is -1.61. The molecule has 0 saturated heterocycles. The van der Waals surface area contributed by atoms with Gasteiger partial charge in [-0.2, -0.15) is 0 Å². The Kier molecular flexibility index (Phi) is 11.7. The van der Waals surface area contributed by atoms with Crippen molar-refractivity contribution < 1.29 is 34.2 Å². The fraction of sp³-hybridized carbons (Fsp3) is 0.737. The maximum atomic E-state index is 12.7. The lowest BCUT2D eigenvalue weighted by molar-refractivity contribution is -0.143. The zero-order valence-corrected chi connectivity index (χ0v) is 18.5. The predicted octanol–water partition coefficient (Wildman–Crippen LogP) is -2.19. The first kappa shape index (κ1) is 28.3. The molecular weight excluding hydrogens is 410 g/mol. The number of hydrogen-bond acceptors (Lipinski definition) is 7. The van der Waals surface area contributed by atoms with Crippen molar-refractivity contribution in [2.45, 2.75) is 77.7 Å². The third kappa shape index (κ3) is 10.2. The van der Waals surface area contributed by atoms with Crippen molar-refractivity contribution in [3.05, 3.63) is 0 Å². The fourth-order valence-corrected chi connectivity index (χ4v) is 2.71. The first-order valence-corrected chi connectivity index (χ1v) is 10.0. The summed E-state index contributed by atoms with van der Waals surface area (Å²) in [5, 5.41) is 26.3. The van der Waals surface area contributed by atoms with Crippen LogP contribution in [-0.4, -0.2) is 70.1 Å². The SMILES string of the molecule is CC(C)CC(NC(=O)C(NC(=O)C(NC(=O)C(N)CC(N)=O)C(C)O)C(C)C)C(=O)O. The number of carbonyl (C=O) groups excluding carboxylic acids is 4. The molecule has 0 bridgehead atoms. The van der Waals surface area contributed by atoms with Gasteiger partial charge in [0.2, 0.25) is 23.6 Å². The highest BCUT2D eigenvalue weighted by Crippen LogP contribution is 2.08. The molecule has 0 aliphatic rings. The maximum absolute atomic E-state index is 12.7. The number of amides is 4. The Morgan fingerprint density at radius 1 is 0.839 bits per heavy atom. The highest BCUT2D eigenvalue weighted by atomic mass is 16.4. The zero-order chi connectivity index (χ0) is 24.5. The van der Waals surface area contributed by atoms with E-state index < -0.39 is 72.2 Å². The van der Waals surface area contributed by atoms with E-state index in [2.05, 4.69) is 16.0 Å². The molecule has 31 heavy (non-hydrogen) atoms. The van der Waals surface area contributed by atoms with E-state index in [0.29, 0.717) is 0 Å². The highest BCUT2D eigenvalue weighted by Gasteiger charge is 2.33. The number of aliphatic hydroxyl groups is 1. The number of carboxylic acid groups (broad SMARTS) is 1. The van der Waals surface area contributed by atoms with Crippen LogP contribution >= 0.6 is 0 Å². The van der Waals surface area contributed by atoms with Gasteiger partial charge in [0, 0.05) is 0 Å². The molecule has 12 nitrogen and oxygen atoms in total. The molecule has 0 saturated carbocycles. The van der Waals surface area contributed by atoms with E-state index in [1.165, 1.54) is 6.92 Å². The van der Waals surface area contributed by atoms with Crippen molar-refractivity contribution in [1.82, 2.24) is 16.0 Å². The molecule has 178 valence electrons. The third-order valence-electron chi connectivity index (χ3n) is 4.39. The molecule has 4 amide bonds. The van der Waals surface area contributed by atoms with Gasteiger partial charge in [-0.05, 0) is 25.2 Å². The summed E-state index contributed by atoms with van der Waals surface area (Å²) in [5.41, 5.74) is 10.5. The summed E-state index contributed by atoms with van der Waals surface area (Å²) in [6, 6.07) is -5.04. The van der Waals surface area contributed by atoms with Gasteiger partial charge in [0.05, 0.1) is 18.6 Å². The largest absolute Gasteiger partial charge is 0.480 e. The van der Waals surface area contributed by atoms with Gasteiger partial charge in [-0.3, -0.25) is 19.2 Å². The number of nitrogens with one attached hydrogen (secondary N) is 3. The fourth-order valence-electron chi connectivity index (χ4n) is 2.71. The number of rotatable bonds is 13. The van der Waals surface area contributed by atoms with Crippen LogP contribution in [0.2, 0.25) is 0 Å². The Hall–Kier alpha value is -2.73. The second kappa shape index (κ2) is 12.8. The number of hydrogen-bond donors (Lipinski definition) is 7. The van der Waals surface area contributed by atoms with Gasteiger partial charge < -0.3 is 37.6 Å². The van der Waals surface area contributed by atoms with E-state index in [9.17, 15) is 34.2 Å². The van der Waals surface area contributed by atoms with Crippen LogP contribution in [0.15, 0.2) is 0 Å². The van der Waals surface area contributed by atoms with Gasteiger partial charge in [-0.1, -0.05) is 27.7 Å². The van der Waals surface area contributed by atoms with Crippen LogP contribution in [0.3, 0.4) is 0 Å². The second-order valence-corrected chi connectivity index (χ2v) is 8.26. The standard InChI is InChI=1S/C19H35N5O7/c1-8(2)6-12(19(30)31)22-17(28)14(9(3)4)23-18(29)15(10(5)25)24-16(27)11(20)7-13(21)26/h8-12,14-15,25H,6-7,20H2,1-5H3,(H2,21,26)(H,22,28)(H,23,29)(H,24,27)(H,30,31). The van der Waals surface area contributed by atoms with Gasteiger partial charge >= 0.3 is 5.97 Å². The van der Waals surface area contributed by atoms with Crippen LogP contribution in [0.5, 0.6) is 0 Å². The number of primary amides is 1. The van der Waals surface area contributed by atoms with Gasteiger partial charge in [-0.25, -0.2) is 4.79 Å². The zero-order valence-electron chi connectivity index (χ0n) is 18.5. The van der Waals surface area contributed by atoms with Crippen LogP contribution in [0.25, 0.3) is 0 Å². The lowest BCUT2D eigenvalue weighted by Gasteiger charge is -2.28. The molecule has 0 aromatic rings. The summed E-state index contributed by atoms with van der Waals surface area (Å²) < 4.78 is 0. The molecule has 0 aromatic heterocycles. The minimum absolute atomic E-state index is 0.00735. The normalized spacial score (nSPS) is 16.0. The Bertz CT molecular complexity index is 666. The highest BCUT2D eigenvalue weighted by molar-refractivity contribution is 5.95. The van der Waals surface area contributed by atoms with Gasteiger partial charge in [0.15, 0.2) is 0 Å². The van der Waals surface area contributed by atoms with E-state index in [4.69, 9.17) is 11.5 Å². The van der Waals surface area contributed by atoms with Gasteiger partial charge in [0.1, 0.15) is 18.1 Å². The van der Waals surface area contributed by atoms with E-state index in [1.807, 2.05) is 13.8 Å². The first-order valence-electron chi connectivity index (χ1n) is 10.0. The lowest BCUT2D eigenvalue weighted by Crippen LogP contribution is -2.61. The van der Waals surface area contributed by atoms with Crippen LogP contribution in [-0.2, 0) is 24.0 Å². The number of aliphatic hydroxyl groups excluding tert-OH is 1. The molecule has 0 aliphatic carbocycles. The quantitative estimate of drug-likeness (QED) is 0.165. The average molecular weight is 446 g/mol. The van der Waals surface area contributed by atoms with E-state index in [1.54, 1.807) is 13.8 Å². The molecule has 5 atom stereocenters. The Morgan fingerprint density at radius 3 is 1.71 bits per heavy atom. The van der Waals surface area contributed by atoms with Crippen molar-refractivity contribution in [3.63, 3.8) is 0 Å². The smallest absolute Gasteiger partial charge is 0.326 e.